The zero-order valence-corrected chi connectivity index (χ0v) is 34.4. The minimum absolute atomic E-state index is 0.473. The van der Waals surface area contributed by atoms with Gasteiger partial charge >= 0.3 is 0 Å². The van der Waals surface area contributed by atoms with Crippen LogP contribution in [0.3, 0.4) is 0 Å². The van der Waals surface area contributed by atoms with Crippen LogP contribution in [0.5, 0.6) is 0 Å². The fourth-order valence-electron chi connectivity index (χ4n) is 11.4. The number of para-hydroxylation sites is 2. The van der Waals surface area contributed by atoms with Crippen molar-refractivity contribution in [1.82, 2.24) is 4.57 Å². The molecule has 10 aromatic carbocycles. The Hall–Kier alpha value is -7.72. The Kier molecular flexibility index (Phi) is 6.95. The van der Waals surface area contributed by atoms with Crippen molar-refractivity contribution in [3.8, 4) is 27.9 Å². The van der Waals surface area contributed by atoms with Crippen LogP contribution in [0.25, 0.3) is 80.7 Å². The molecule has 62 heavy (non-hydrogen) atoms. The molecular formula is C59H36N2S. The molecule has 0 N–H and O–H groups in total. The lowest BCUT2D eigenvalue weighted by atomic mass is 9.61. The van der Waals surface area contributed by atoms with Crippen molar-refractivity contribution in [3.05, 3.63) is 241 Å². The fraction of sp³-hybridized carbons (Fsp3) is 0.0169. The second kappa shape index (κ2) is 12.7. The van der Waals surface area contributed by atoms with Crippen LogP contribution >= 0.6 is 11.3 Å². The molecule has 0 unspecified atom stereocenters. The van der Waals surface area contributed by atoms with Crippen LogP contribution in [0, 0.1) is 0 Å². The maximum Gasteiger partial charge on any atom is 0.0725 e. The Morgan fingerprint density at radius 2 is 0.935 bits per heavy atom. The molecule has 14 rings (SSSR count). The van der Waals surface area contributed by atoms with Gasteiger partial charge in [0.05, 0.1) is 27.8 Å². The molecule has 2 aromatic heterocycles. The van der Waals surface area contributed by atoms with E-state index in [4.69, 9.17) is 0 Å². The van der Waals surface area contributed by atoms with Crippen LogP contribution in [0.2, 0.25) is 0 Å². The Balaban J connectivity index is 1.12. The third kappa shape index (κ3) is 4.37. The lowest BCUT2D eigenvalue weighted by molar-refractivity contribution is 0.773. The first-order valence-electron chi connectivity index (χ1n) is 21.4. The van der Waals surface area contributed by atoms with Crippen LogP contribution in [-0.2, 0) is 5.41 Å². The van der Waals surface area contributed by atoms with E-state index >= 15 is 0 Å². The van der Waals surface area contributed by atoms with Crippen molar-refractivity contribution >= 4 is 81.1 Å². The van der Waals surface area contributed by atoms with E-state index in [1.807, 2.05) is 11.3 Å². The van der Waals surface area contributed by atoms with Gasteiger partial charge in [0, 0.05) is 47.7 Å². The summed E-state index contributed by atoms with van der Waals surface area (Å²) in [6, 6.07) is 81.7. The first-order chi connectivity index (χ1) is 30.8. The van der Waals surface area contributed by atoms with E-state index in [0.29, 0.717) is 0 Å². The number of anilines is 3. The van der Waals surface area contributed by atoms with Crippen molar-refractivity contribution in [1.29, 1.82) is 0 Å². The van der Waals surface area contributed by atoms with Gasteiger partial charge < -0.3 is 9.47 Å². The van der Waals surface area contributed by atoms with Crippen molar-refractivity contribution in [2.75, 3.05) is 4.90 Å². The van der Waals surface area contributed by atoms with Crippen LogP contribution in [-0.4, -0.2) is 4.57 Å². The van der Waals surface area contributed by atoms with Crippen molar-refractivity contribution in [3.63, 3.8) is 0 Å². The van der Waals surface area contributed by atoms with Gasteiger partial charge in [0.15, 0.2) is 0 Å². The standard InChI is InChI=1S/C59H36N2S/c1-2-16-37(17-3-1)60-51-28-12-7-21-42(51)43-33-32-38(36-54(43)60)61(53-29-15-31-56-58(53)46-22-8-13-30-55(46)62-56)52-35-34-44-41-20-6-11-26-49(41)59(50-27-14-23-45(52)57(44)50)47-24-9-4-18-39(47)40-19-5-10-25-48(40)59/h1-36H. The monoisotopic (exact) mass is 804 g/mol. The van der Waals surface area contributed by atoms with Gasteiger partial charge in [-0.15, -0.1) is 11.3 Å². The van der Waals surface area contributed by atoms with Crippen LogP contribution in [0.4, 0.5) is 17.1 Å². The summed E-state index contributed by atoms with van der Waals surface area (Å²) in [7, 11) is 0. The average Bonchev–Trinajstić information content (AvgIpc) is 3.98. The number of aromatic nitrogens is 1. The first-order valence-corrected chi connectivity index (χ1v) is 22.3. The molecule has 0 saturated carbocycles. The minimum atomic E-state index is -0.473. The molecule has 0 bridgehead atoms. The number of fused-ring (bicyclic) bond motifs is 15. The molecule has 1 spiro atoms. The zero-order chi connectivity index (χ0) is 40.5. The van der Waals surface area contributed by atoms with E-state index in [2.05, 4.69) is 228 Å². The van der Waals surface area contributed by atoms with Crippen molar-refractivity contribution in [2.45, 2.75) is 5.41 Å². The number of benzene rings is 10. The van der Waals surface area contributed by atoms with Gasteiger partial charge in [0.2, 0.25) is 0 Å². The molecule has 0 fully saturated rings. The highest BCUT2D eigenvalue weighted by atomic mass is 32.1. The topological polar surface area (TPSA) is 8.17 Å². The molecule has 0 saturated heterocycles. The average molecular weight is 805 g/mol. The smallest absolute Gasteiger partial charge is 0.0725 e. The number of rotatable bonds is 4. The van der Waals surface area contributed by atoms with E-state index in [1.54, 1.807) is 0 Å². The predicted molar refractivity (Wildman–Crippen MR) is 262 cm³/mol. The summed E-state index contributed by atoms with van der Waals surface area (Å²) < 4.78 is 5.01. The SMILES string of the molecule is c1ccc(-n2c3ccccc3c3ccc(N(c4ccc5c6c(cccc46)C4(c6ccccc6-c6ccccc64)c4ccccc4-5)c4cccc5sc6ccccc6c45)cc32)cc1. The minimum Gasteiger partial charge on any atom is -0.309 e. The third-order valence-electron chi connectivity index (χ3n) is 13.8. The quantitative estimate of drug-likeness (QED) is 0.172. The summed E-state index contributed by atoms with van der Waals surface area (Å²) in [5.74, 6) is 0. The maximum absolute atomic E-state index is 2.56. The van der Waals surface area contributed by atoms with E-state index < -0.39 is 5.41 Å². The summed E-state index contributed by atoms with van der Waals surface area (Å²) in [6.45, 7) is 0. The molecule has 0 aliphatic heterocycles. The van der Waals surface area contributed by atoms with E-state index in [0.717, 1.165) is 17.1 Å². The van der Waals surface area contributed by atoms with Gasteiger partial charge in [-0.05, 0) is 104 Å². The molecule has 2 aliphatic carbocycles. The number of nitrogens with zero attached hydrogens (tertiary/aromatic N) is 2. The summed E-state index contributed by atoms with van der Waals surface area (Å²) >= 11 is 1.87. The van der Waals surface area contributed by atoms with E-state index in [1.165, 1.54) is 103 Å². The molecular weight excluding hydrogens is 769 g/mol. The Morgan fingerprint density at radius 1 is 0.355 bits per heavy atom. The third-order valence-corrected chi connectivity index (χ3v) is 14.9. The van der Waals surface area contributed by atoms with Gasteiger partial charge in [-0.25, -0.2) is 0 Å². The normalized spacial score (nSPS) is 13.3. The van der Waals surface area contributed by atoms with Crippen molar-refractivity contribution in [2.24, 2.45) is 0 Å². The highest BCUT2D eigenvalue weighted by Gasteiger charge is 2.50. The lowest BCUT2D eigenvalue weighted by Crippen LogP contribution is -2.31. The molecule has 0 amide bonds. The molecule has 288 valence electrons. The Morgan fingerprint density at radius 3 is 1.71 bits per heavy atom. The number of thiophene rings is 1. The summed E-state index contributed by atoms with van der Waals surface area (Å²) in [5, 5.41) is 7.58. The van der Waals surface area contributed by atoms with Crippen LogP contribution in [0.1, 0.15) is 22.3 Å². The van der Waals surface area contributed by atoms with E-state index in [-0.39, 0.29) is 0 Å². The van der Waals surface area contributed by atoms with E-state index in [9.17, 15) is 0 Å². The van der Waals surface area contributed by atoms with Crippen molar-refractivity contribution < 1.29 is 0 Å². The van der Waals surface area contributed by atoms with Gasteiger partial charge in [0.1, 0.15) is 0 Å². The van der Waals surface area contributed by atoms with Crippen LogP contribution < -0.4 is 4.90 Å². The second-order valence-electron chi connectivity index (χ2n) is 16.7. The lowest BCUT2D eigenvalue weighted by Gasteiger charge is -2.40. The Bertz CT molecular complexity index is 3790. The number of hydrogen-bond acceptors (Lipinski definition) is 2. The molecule has 3 heteroatoms. The molecule has 12 aromatic rings. The fourth-order valence-corrected chi connectivity index (χ4v) is 12.6. The Labute approximate surface area is 362 Å². The van der Waals surface area contributed by atoms with Gasteiger partial charge in [-0.1, -0.05) is 164 Å². The second-order valence-corrected chi connectivity index (χ2v) is 17.8. The molecule has 0 atom stereocenters. The molecule has 2 heterocycles. The van der Waals surface area contributed by atoms with Crippen LogP contribution in [0.15, 0.2) is 218 Å². The number of hydrogen-bond donors (Lipinski definition) is 0. The maximum atomic E-state index is 2.56. The first kappa shape index (κ1) is 34.0. The summed E-state index contributed by atoms with van der Waals surface area (Å²) in [4.78, 5) is 2.56. The predicted octanol–water partition coefficient (Wildman–Crippen LogP) is 16.1. The zero-order valence-electron chi connectivity index (χ0n) is 33.6. The van der Waals surface area contributed by atoms with Gasteiger partial charge in [0.25, 0.3) is 0 Å². The van der Waals surface area contributed by atoms with Gasteiger partial charge in [-0.3, -0.25) is 0 Å². The summed E-state index contributed by atoms with van der Waals surface area (Å²) in [5.41, 5.74) is 17.1. The summed E-state index contributed by atoms with van der Waals surface area (Å²) in [6.07, 6.45) is 0. The molecule has 0 radical (unpaired) electrons. The highest BCUT2D eigenvalue weighted by Crippen LogP contribution is 2.62. The van der Waals surface area contributed by atoms with Gasteiger partial charge in [-0.2, -0.15) is 0 Å². The highest BCUT2D eigenvalue weighted by molar-refractivity contribution is 7.26. The largest absolute Gasteiger partial charge is 0.309 e. The molecule has 2 nitrogen and oxygen atoms in total. The molecule has 2 aliphatic rings.